The summed E-state index contributed by atoms with van der Waals surface area (Å²) in [5.74, 6) is 2.11. The predicted octanol–water partition coefficient (Wildman–Crippen LogP) is 1.88. The van der Waals surface area contributed by atoms with E-state index in [4.69, 9.17) is 10.5 Å². The number of carbonyl (C=O) groups is 1. The van der Waals surface area contributed by atoms with E-state index in [9.17, 15) is 4.79 Å². The fourth-order valence-corrected chi connectivity index (χ4v) is 3.11. The lowest BCUT2D eigenvalue weighted by molar-refractivity contribution is 0.0519. The Bertz CT molecular complexity index is 298. The number of nitrogens with two attached hydrogens (primary N) is 1. The summed E-state index contributed by atoms with van der Waals surface area (Å²) in [6, 6.07) is 0.409. The maximum atomic E-state index is 11.5. The summed E-state index contributed by atoms with van der Waals surface area (Å²) in [6.07, 6.45) is 3.25. The van der Waals surface area contributed by atoms with Crippen molar-refractivity contribution in [1.29, 1.82) is 0 Å². The summed E-state index contributed by atoms with van der Waals surface area (Å²) in [5, 5.41) is 2.86. The number of fused-ring (bicyclic) bond motifs is 1. The van der Waals surface area contributed by atoms with Gasteiger partial charge in [0.1, 0.15) is 5.60 Å². The van der Waals surface area contributed by atoms with Crippen LogP contribution in [-0.2, 0) is 4.74 Å². The zero-order valence-corrected chi connectivity index (χ0v) is 11.0. The van der Waals surface area contributed by atoms with E-state index in [1.165, 1.54) is 19.3 Å². The Kier molecular flexibility index (Phi) is 3.34. The van der Waals surface area contributed by atoms with Gasteiger partial charge in [0.25, 0.3) is 0 Å². The summed E-state index contributed by atoms with van der Waals surface area (Å²) in [6.45, 7) is 6.36. The van der Waals surface area contributed by atoms with Gasteiger partial charge in [0.05, 0.1) is 0 Å². The van der Waals surface area contributed by atoms with Crippen LogP contribution in [0, 0.1) is 17.8 Å². The zero-order valence-electron chi connectivity index (χ0n) is 11.0. The van der Waals surface area contributed by atoms with Gasteiger partial charge in [-0.3, -0.25) is 0 Å². The minimum absolute atomic E-state index is 0.305. The van der Waals surface area contributed by atoms with E-state index in [0.29, 0.717) is 17.9 Å². The summed E-state index contributed by atoms with van der Waals surface area (Å²) in [5.41, 5.74) is 5.54. The second-order valence-electron chi connectivity index (χ2n) is 6.54. The molecule has 0 heterocycles. The average Bonchev–Trinajstić information content (AvgIpc) is 2.49. The van der Waals surface area contributed by atoms with Crippen molar-refractivity contribution in [2.24, 2.45) is 23.5 Å². The summed E-state index contributed by atoms with van der Waals surface area (Å²) < 4.78 is 5.21. The van der Waals surface area contributed by atoms with Gasteiger partial charge >= 0.3 is 6.09 Å². The molecular formula is C13H24N2O2. The highest BCUT2D eigenvalue weighted by Gasteiger charge is 2.45. The van der Waals surface area contributed by atoms with E-state index in [0.717, 1.165) is 12.5 Å². The normalized spacial score (nSPS) is 36.0. The molecule has 2 aliphatic rings. The number of hydrogen-bond donors (Lipinski definition) is 2. The molecule has 2 rings (SSSR count). The molecule has 0 bridgehead atoms. The lowest BCUT2D eigenvalue weighted by Crippen LogP contribution is -2.44. The van der Waals surface area contributed by atoms with Crippen LogP contribution in [0.3, 0.4) is 0 Å². The number of ether oxygens (including phenoxy) is 1. The van der Waals surface area contributed by atoms with E-state index in [-0.39, 0.29) is 6.09 Å². The van der Waals surface area contributed by atoms with Crippen molar-refractivity contribution in [2.75, 3.05) is 6.54 Å². The Hall–Kier alpha value is -0.770. The Morgan fingerprint density at radius 2 is 2.06 bits per heavy atom. The molecule has 4 heteroatoms. The van der Waals surface area contributed by atoms with Gasteiger partial charge in [-0.25, -0.2) is 4.79 Å². The largest absolute Gasteiger partial charge is 0.444 e. The summed E-state index contributed by atoms with van der Waals surface area (Å²) in [7, 11) is 0. The molecule has 0 aromatic rings. The average molecular weight is 240 g/mol. The first kappa shape index (κ1) is 12.7. The van der Waals surface area contributed by atoms with Crippen molar-refractivity contribution in [3.05, 3.63) is 0 Å². The number of amides is 1. The van der Waals surface area contributed by atoms with Gasteiger partial charge in [0.2, 0.25) is 0 Å². The second kappa shape index (κ2) is 4.48. The SMILES string of the molecule is CC(C)(C)OC(=O)NCC1CC2CC(N)C2C1. The molecular weight excluding hydrogens is 216 g/mol. The molecule has 4 unspecified atom stereocenters. The fourth-order valence-electron chi connectivity index (χ4n) is 3.11. The van der Waals surface area contributed by atoms with Crippen molar-refractivity contribution in [3.63, 3.8) is 0 Å². The Morgan fingerprint density at radius 1 is 1.35 bits per heavy atom. The topological polar surface area (TPSA) is 64.3 Å². The van der Waals surface area contributed by atoms with Crippen LogP contribution in [0.1, 0.15) is 40.0 Å². The molecule has 3 N–H and O–H groups in total. The third-order valence-electron chi connectivity index (χ3n) is 3.91. The third kappa shape index (κ3) is 3.12. The number of nitrogens with one attached hydrogen (secondary N) is 1. The molecule has 0 aromatic carbocycles. The maximum absolute atomic E-state index is 11.5. The van der Waals surface area contributed by atoms with E-state index in [2.05, 4.69) is 5.32 Å². The zero-order chi connectivity index (χ0) is 12.6. The van der Waals surface area contributed by atoms with Crippen LogP contribution >= 0.6 is 0 Å². The Morgan fingerprint density at radius 3 is 2.59 bits per heavy atom. The van der Waals surface area contributed by atoms with Gasteiger partial charge in [0.15, 0.2) is 0 Å². The van der Waals surface area contributed by atoms with E-state index in [1.807, 2.05) is 20.8 Å². The van der Waals surface area contributed by atoms with Crippen molar-refractivity contribution in [3.8, 4) is 0 Å². The van der Waals surface area contributed by atoms with Crippen molar-refractivity contribution >= 4 is 6.09 Å². The Balaban J connectivity index is 1.68. The lowest BCUT2D eigenvalue weighted by Gasteiger charge is -2.37. The third-order valence-corrected chi connectivity index (χ3v) is 3.91. The van der Waals surface area contributed by atoms with Crippen LogP contribution in [0.5, 0.6) is 0 Å². The van der Waals surface area contributed by atoms with Crippen LogP contribution in [0.15, 0.2) is 0 Å². The van der Waals surface area contributed by atoms with Gasteiger partial charge in [-0.15, -0.1) is 0 Å². The molecule has 17 heavy (non-hydrogen) atoms. The van der Waals surface area contributed by atoms with Gasteiger partial charge in [-0.1, -0.05) is 0 Å². The van der Waals surface area contributed by atoms with Gasteiger partial charge in [0, 0.05) is 12.6 Å². The second-order valence-corrected chi connectivity index (χ2v) is 6.54. The lowest BCUT2D eigenvalue weighted by atomic mass is 9.72. The molecule has 2 saturated carbocycles. The molecule has 4 atom stereocenters. The van der Waals surface area contributed by atoms with Crippen LogP contribution in [0.25, 0.3) is 0 Å². The molecule has 0 saturated heterocycles. The molecule has 0 aliphatic heterocycles. The number of rotatable bonds is 2. The summed E-state index contributed by atoms with van der Waals surface area (Å²) in [4.78, 5) is 11.5. The molecule has 2 aliphatic carbocycles. The quantitative estimate of drug-likeness (QED) is 0.774. The Labute approximate surface area is 103 Å². The maximum Gasteiger partial charge on any atom is 0.407 e. The van der Waals surface area contributed by atoms with Crippen molar-refractivity contribution in [1.82, 2.24) is 5.32 Å². The van der Waals surface area contributed by atoms with Gasteiger partial charge < -0.3 is 15.8 Å². The number of carbonyl (C=O) groups excluding carboxylic acids is 1. The highest BCUT2D eigenvalue weighted by molar-refractivity contribution is 5.67. The highest BCUT2D eigenvalue weighted by Crippen LogP contribution is 2.48. The van der Waals surface area contributed by atoms with E-state index in [1.54, 1.807) is 0 Å². The molecule has 4 nitrogen and oxygen atoms in total. The van der Waals surface area contributed by atoms with E-state index < -0.39 is 5.60 Å². The number of hydrogen-bond acceptors (Lipinski definition) is 3. The van der Waals surface area contributed by atoms with Crippen LogP contribution in [0.4, 0.5) is 4.79 Å². The molecule has 98 valence electrons. The smallest absolute Gasteiger partial charge is 0.407 e. The molecule has 0 aromatic heterocycles. The predicted molar refractivity (Wildman–Crippen MR) is 66.5 cm³/mol. The van der Waals surface area contributed by atoms with Crippen molar-refractivity contribution < 1.29 is 9.53 Å². The standard InChI is InChI=1S/C13H24N2O2/c1-13(2,3)17-12(16)15-7-8-4-9-6-11(14)10(9)5-8/h8-11H,4-7,14H2,1-3H3,(H,15,16). The highest BCUT2D eigenvalue weighted by atomic mass is 16.6. The molecule has 0 spiro atoms. The monoisotopic (exact) mass is 240 g/mol. The molecule has 0 radical (unpaired) electrons. The van der Waals surface area contributed by atoms with Gasteiger partial charge in [-0.05, 0) is 57.8 Å². The minimum atomic E-state index is -0.416. The van der Waals surface area contributed by atoms with E-state index >= 15 is 0 Å². The van der Waals surface area contributed by atoms with Crippen molar-refractivity contribution in [2.45, 2.75) is 51.7 Å². The minimum Gasteiger partial charge on any atom is -0.444 e. The first-order valence-corrected chi connectivity index (χ1v) is 6.57. The summed E-state index contributed by atoms with van der Waals surface area (Å²) >= 11 is 0. The first-order chi connectivity index (χ1) is 7.85. The molecule has 1 amide bonds. The van der Waals surface area contributed by atoms with Crippen LogP contribution in [-0.4, -0.2) is 24.3 Å². The fraction of sp³-hybridized carbons (Fsp3) is 0.923. The first-order valence-electron chi connectivity index (χ1n) is 6.57. The van der Waals surface area contributed by atoms with Crippen LogP contribution < -0.4 is 11.1 Å². The molecule has 2 fully saturated rings. The van der Waals surface area contributed by atoms with Gasteiger partial charge in [-0.2, -0.15) is 0 Å². The number of alkyl carbamates (subject to hydrolysis) is 1. The van der Waals surface area contributed by atoms with Crippen LogP contribution in [0.2, 0.25) is 0 Å².